The molecular weight excluding hydrogens is 233 g/mol. The molecule has 0 fully saturated rings. The van der Waals surface area contributed by atoms with E-state index in [1.165, 1.54) is 12.1 Å². The molecule has 0 unspecified atom stereocenters. The zero-order chi connectivity index (χ0) is 9.84. The number of carboxylic acids is 1. The fourth-order valence-corrected chi connectivity index (χ4v) is 1.05. The summed E-state index contributed by atoms with van der Waals surface area (Å²) in [5.41, 5.74) is 0.769. The first-order valence-electron chi connectivity index (χ1n) is 3.81. The van der Waals surface area contributed by atoms with E-state index in [-0.39, 0.29) is 30.8 Å². The number of carbonyl (C=O) groups is 1. The molecule has 0 atom stereocenters. The number of aromatic carboxylic acids is 1. The minimum atomic E-state index is -1.12. The normalized spacial score (nSPS) is 8.86. The van der Waals surface area contributed by atoms with Gasteiger partial charge in [-0.2, -0.15) is 0 Å². The van der Waals surface area contributed by atoms with Crippen molar-refractivity contribution in [1.29, 1.82) is 0 Å². The third-order valence-electron chi connectivity index (χ3n) is 1.67. The summed E-state index contributed by atoms with van der Waals surface area (Å²) >= 11 is 0. The number of phenols is 1. The van der Waals surface area contributed by atoms with Crippen LogP contribution in [-0.4, -0.2) is 16.2 Å². The number of hydrogen-bond donors (Lipinski definition) is 2. The molecule has 1 aromatic carbocycles. The Morgan fingerprint density at radius 2 is 2.14 bits per heavy atom. The molecular formula is C10H10O3Zn. The summed E-state index contributed by atoms with van der Waals surface area (Å²) < 4.78 is 0. The minimum absolute atomic E-state index is 0. The van der Waals surface area contributed by atoms with Gasteiger partial charge >= 0.3 is 5.97 Å². The molecule has 0 aliphatic carbocycles. The Hall–Kier alpha value is -1.15. The van der Waals surface area contributed by atoms with Gasteiger partial charge in [0.15, 0.2) is 0 Å². The summed E-state index contributed by atoms with van der Waals surface area (Å²) in [7, 11) is 0. The van der Waals surface area contributed by atoms with Gasteiger partial charge in [-0.05, 0) is 24.1 Å². The molecule has 0 aliphatic rings. The van der Waals surface area contributed by atoms with Gasteiger partial charge in [0.05, 0.1) is 0 Å². The van der Waals surface area contributed by atoms with E-state index in [2.05, 4.69) is 6.58 Å². The fourth-order valence-electron chi connectivity index (χ4n) is 1.05. The molecule has 0 saturated heterocycles. The summed E-state index contributed by atoms with van der Waals surface area (Å²) in [5.74, 6) is -1.32. The SMILES string of the molecule is C=CCc1ccc(C(=O)O)c(O)c1.[Zn]. The van der Waals surface area contributed by atoms with Crippen LogP contribution in [0.4, 0.5) is 0 Å². The van der Waals surface area contributed by atoms with Gasteiger partial charge in [-0.25, -0.2) is 4.79 Å². The minimum Gasteiger partial charge on any atom is -0.507 e. The number of hydrogen-bond acceptors (Lipinski definition) is 2. The van der Waals surface area contributed by atoms with Crippen molar-refractivity contribution in [3.8, 4) is 5.75 Å². The van der Waals surface area contributed by atoms with Gasteiger partial charge in [0.2, 0.25) is 0 Å². The van der Waals surface area contributed by atoms with Crippen molar-refractivity contribution in [2.75, 3.05) is 0 Å². The number of carboxylic acid groups (broad SMARTS) is 1. The smallest absolute Gasteiger partial charge is 0.339 e. The van der Waals surface area contributed by atoms with Crippen LogP contribution in [0.3, 0.4) is 0 Å². The van der Waals surface area contributed by atoms with Gasteiger partial charge in [0.25, 0.3) is 0 Å². The Morgan fingerprint density at radius 3 is 2.57 bits per heavy atom. The number of aromatic hydroxyl groups is 1. The second-order valence-corrected chi connectivity index (χ2v) is 2.65. The van der Waals surface area contributed by atoms with Crippen LogP contribution in [0.1, 0.15) is 15.9 Å². The largest absolute Gasteiger partial charge is 0.507 e. The molecule has 0 aromatic heterocycles. The van der Waals surface area contributed by atoms with Gasteiger partial charge in [-0.15, -0.1) is 6.58 Å². The average Bonchev–Trinajstić information content (AvgIpc) is 2.04. The van der Waals surface area contributed by atoms with Crippen molar-refractivity contribution >= 4 is 5.97 Å². The quantitative estimate of drug-likeness (QED) is 0.629. The first-order valence-corrected chi connectivity index (χ1v) is 3.81. The van der Waals surface area contributed by atoms with E-state index in [1.54, 1.807) is 12.1 Å². The summed E-state index contributed by atoms with van der Waals surface area (Å²) in [6, 6.07) is 4.48. The van der Waals surface area contributed by atoms with E-state index < -0.39 is 5.97 Å². The Balaban J connectivity index is 0.00000169. The fraction of sp³-hybridized carbons (Fsp3) is 0.100. The van der Waals surface area contributed by atoms with Crippen molar-refractivity contribution in [3.05, 3.63) is 42.0 Å². The van der Waals surface area contributed by atoms with E-state index in [9.17, 15) is 9.90 Å². The monoisotopic (exact) mass is 242 g/mol. The molecule has 3 nitrogen and oxygen atoms in total. The third kappa shape index (κ3) is 2.96. The zero-order valence-corrected chi connectivity index (χ0v) is 10.7. The molecule has 0 aliphatic heterocycles. The molecule has 0 bridgehead atoms. The van der Waals surface area contributed by atoms with Crippen LogP contribution in [0.5, 0.6) is 5.75 Å². The van der Waals surface area contributed by atoms with E-state index in [4.69, 9.17) is 5.11 Å². The second kappa shape index (κ2) is 5.56. The Morgan fingerprint density at radius 1 is 1.50 bits per heavy atom. The van der Waals surface area contributed by atoms with E-state index in [0.29, 0.717) is 6.42 Å². The molecule has 0 radical (unpaired) electrons. The molecule has 70 valence electrons. The number of benzene rings is 1. The third-order valence-corrected chi connectivity index (χ3v) is 1.67. The topological polar surface area (TPSA) is 57.5 Å². The average molecular weight is 244 g/mol. The van der Waals surface area contributed by atoms with Gasteiger partial charge in [-0.3, -0.25) is 0 Å². The van der Waals surface area contributed by atoms with Crippen LogP contribution in [-0.2, 0) is 25.9 Å². The van der Waals surface area contributed by atoms with Gasteiger partial charge in [0.1, 0.15) is 11.3 Å². The molecule has 0 saturated carbocycles. The molecule has 0 spiro atoms. The molecule has 4 heteroatoms. The summed E-state index contributed by atoms with van der Waals surface area (Å²) in [4.78, 5) is 10.5. The molecule has 0 amide bonds. The molecule has 0 heterocycles. The summed E-state index contributed by atoms with van der Waals surface area (Å²) in [6.07, 6.45) is 2.31. The van der Waals surface area contributed by atoms with Crippen LogP contribution in [0.2, 0.25) is 0 Å². The number of rotatable bonds is 3. The van der Waals surface area contributed by atoms with Crippen molar-refractivity contribution in [1.82, 2.24) is 0 Å². The first-order chi connectivity index (χ1) is 6.15. The van der Waals surface area contributed by atoms with E-state index >= 15 is 0 Å². The zero-order valence-electron chi connectivity index (χ0n) is 7.73. The van der Waals surface area contributed by atoms with E-state index in [0.717, 1.165) is 5.56 Å². The summed E-state index contributed by atoms with van der Waals surface area (Å²) in [6.45, 7) is 3.55. The summed E-state index contributed by atoms with van der Waals surface area (Å²) in [5, 5.41) is 17.9. The van der Waals surface area contributed by atoms with Crippen molar-refractivity contribution < 1.29 is 34.5 Å². The van der Waals surface area contributed by atoms with Crippen LogP contribution >= 0.6 is 0 Å². The van der Waals surface area contributed by atoms with Gasteiger partial charge in [-0.1, -0.05) is 12.1 Å². The molecule has 1 rings (SSSR count). The Kier molecular flexibility index (Phi) is 5.10. The standard InChI is InChI=1S/C10H10O3.Zn/c1-2-3-7-4-5-8(10(12)13)9(11)6-7;/h2,4-6,11H,1,3H2,(H,12,13);. The first kappa shape index (κ1) is 12.9. The Labute approximate surface area is 94.8 Å². The maximum atomic E-state index is 10.5. The van der Waals surface area contributed by atoms with Gasteiger partial charge in [0, 0.05) is 19.5 Å². The molecule has 2 N–H and O–H groups in total. The predicted molar refractivity (Wildman–Crippen MR) is 49.0 cm³/mol. The van der Waals surface area contributed by atoms with Crippen LogP contribution in [0.15, 0.2) is 30.9 Å². The second-order valence-electron chi connectivity index (χ2n) is 2.65. The van der Waals surface area contributed by atoms with Crippen molar-refractivity contribution in [2.45, 2.75) is 6.42 Å². The van der Waals surface area contributed by atoms with E-state index in [1.807, 2.05) is 0 Å². The maximum absolute atomic E-state index is 10.5. The van der Waals surface area contributed by atoms with Crippen molar-refractivity contribution in [3.63, 3.8) is 0 Å². The Bertz CT molecular complexity index is 347. The predicted octanol–water partition coefficient (Wildman–Crippen LogP) is 1.82. The molecule has 14 heavy (non-hydrogen) atoms. The maximum Gasteiger partial charge on any atom is 0.339 e. The van der Waals surface area contributed by atoms with Crippen LogP contribution in [0, 0.1) is 0 Å². The van der Waals surface area contributed by atoms with Crippen molar-refractivity contribution in [2.24, 2.45) is 0 Å². The van der Waals surface area contributed by atoms with Crippen LogP contribution < -0.4 is 0 Å². The number of allylic oxidation sites excluding steroid dienone is 1. The van der Waals surface area contributed by atoms with Gasteiger partial charge < -0.3 is 10.2 Å². The molecule has 1 aromatic rings. The van der Waals surface area contributed by atoms with Crippen LogP contribution in [0.25, 0.3) is 0 Å².